The van der Waals surface area contributed by atoms with Gasteiger partial charge in [0, 0.05) is 24.0 Å². The molecule has 1 heterocycles. The van der Waals surface area contributed by atoms with E-state index in [0.717, 1.165) is 6.07 Å². The monoisotopic (exact) mass is 235 g/mol. The molecule has 0 bridgehead atoms. The van der Waals surface area contributed by atoms with Crippen molar-refractivity contribution in [2.24, 2.45) is 0 Å². The van der Waals surface area contributed by atoms with E-state index < -0.39 is 16.4 Å². The van der Waals surface area contributed by atoms with E-state index in [4.69, 9.17) is 0 Å². The smallest absolute Gasteiger partial charge is 0.305 e. The van der Waals surface area contributed by atoms with Gasteiger partial charge in [-0.1, -0.05) is 12.1 Å². The summed E-state index contributed by atoms with van der Waals surface area (Å²) in [5.74, 6) is -0.794. The molecule has 1 aromatic heterocycles. The Balaban J connectivity index is 2.16. The molecular weight excluding hydrogens is 225 g/mol. The number of nitro groups is 1. The molecule has 0 amide bonds. The zero-order valence-electron chi connectivity index (χ0n) is 8.84. The first kappa shape index (κ1) is 11.1. The van der Waals surface area contributed by atoms with E-state index in [9.17, 15) is 14.5 Å². The van der Waals surface area contributed by atoms with Crippen LogP contribution in [0.1, 0.15) is 5.56 Å². The standard InChI is InChI=1S/C11H10FN3O2/c12-11-9(4-3-5-10(11)15(16)17)8-13-14-6-1-2-7-14/h1-7,13H,8H2. The third-order valence-electron chi connectivity index (χ3n) is 2.31. The predicted molar refractivity (Wildman–Crippen MR) is 60.6 cm³/mol. The van der Waals surface area contributed by atoms with Crippen LogP contribution in [-0.2, 0) is 6.54 Å². The van der Waals surface area contributed by atoms with Gasteiger partial charge in [-0.3, -0.25) is 14.8 Å². The summed E-state index contributed by atoms with van der Waals surface area (Å²) >= 11 is 0. The maximum absolute atomic E-state index is 13.7. The van der Waals surface area contributed by atoms with Gasteiger partial charge in [-0.25, -0.2) is 0 Å². The highest BCUT2D eigenvalue weighted by Gasteiger charge is 2.16. The lowest BCUT2D eigenvalue weighted by molar-refractivity contribution is -0.387. The Bertz CT molecular complexity index is 526. The van der Waals surface area contributed by atoms with Crippen molar-refractivity contribution >= 4 is 5.69 Å². The first-order valence-electron chi connectivity index (χ1n) is 4.97. The van der Waals surface area contributed by atoms with E-state index in [2.05, 4.69) is 5.43 Å². The number of hydrogen-bond donors (Lipinski definition) is 1. The summed E-state index contributed by atoms with van der Waals surface area (Å²) in [7, 11) is 0. The molecule has 88 valence electrons. The first-order chi connectivity index (χ1) is 8.18. The van der Waals surface area contributed by atoms with Gasteiger partial charge in [0.2, 0.25) is 5.82 Å². The highest BCUT2D eigenvalue weighted by Crippen LogP contribution is 2.20. The highest BCUT2D eigenvalue weighted by molar-refractivity contribution is 5.37. The Labute approximate surface area is 96.6 Å². The Morgan fingerprint density at radius 1 is 1.29 bits per heavy atom. The molecule has 0 spiro atoms. The van der Waals surface area contributed by atoms with Crippen LogP contribution in [0.15, 0.2) is 42.7 Å². The summed E-state index contributed by atoms with van der Waals surface area (Å²) < 4.78 is 15.3. The normalized spacial score (nSPS) is 10.2. The van der Waals surface area contributed by atoms with Crippen LogP contribution in [0.5, 0.6) is 0 Å². The summed E-state index contributed by atoms with van der Waals surface area (Å²) in [6.45, 7) is 0.183. The van der Waals surface area contributed by atoms with Gasteiger partial charge in [0.1, 0.15) is 0 Å². The maximum atomic E-state index is 13.7. The Hall–Kier alpha value is -2.37. The zero-order chi connectivity index (χ0) is 12.3. The number of nitrogens with zero attached hydrogens (tertiary/aromatic N) is 2. The zero-order valence-corrected chi connectivity index (χ0v) is 8.84. The Morgan fingerprint density at radius 2 is 2.00 bits per heavy atom. The van der Waals surface area contributed by atoms with Crippen molar-refractivity contribution in [1.82, 2.24) is 4.68 Å². The van der Waals surface area contributed by atoms with E-state index in [1.165, 1.54) is 12.1 Å². The summed E-state index contributed by atoms with van der Waals surface area (Å²) in [6, 6.07) is 7.76. The van der Waals surface area contributed by atoms with E-state index in [1.54, 1.807) is 17.1 Å². The molecule has 0 unspecified atom stereocenters. The maximum Gasteiger partial charge on any atom is 0.305 e. The van der Waals surface area contributed by atoms with Gasteiger partial charge in [0.25, 0.3) is 0 Å². The number of nitro benzene ring substituents is 1. The second-order valence-corrected chi connectivity index (χ2v) is 3.43. The SMILES string of the molecule is O=[N+]([O-])c1cccc(CNn2cccc2)c1F. The third kappa shape index (κ3) is 2.41. The van der Waals surface area contributed by atoms with E-state index >= 15 is 0 Å². The van der Waals surface area contributed by atoms with Crippen molar-refractivity contribution in [2.75, 3.05) is 5.43 Å². The van der Waals surface area contributed by atoms with Crippen molar-refractivity contribution in [1.29, 1.82) is 0 Å². The van der Waals surface area contributed by atoms with Crippen LogP contribution in [0.2, 0.25) is 0 Å². The van der Waals surface area contributed by atoms with Crippen LogP contribution >= 0.6 is 0 Å². The number of aromatic nitrogens is 1. The predicted octanol–water partition coefficient (Wildman–Crippen LogP) is 2.28. The second kappa shape index (κ2) is 4.65. The molecule has 1 N–H and O–H groups in total. The molecule has 0 radical (unpaired) electrons. The molecule has 2 aromatic rings. The fourth-order valence-electron chi connectivity index (χ4n) is 1.46. The number of benzene rings is 1. The number of hydrogen-bond acceptors (Lipinski definition) is 3. The van der Waals surface area contributed by atoms with Gasteiger partial charge in [0.05, 0.1) is 11.5 Å². The van der Waals surface area contributed by atoms with Crippen molar-refractivity contribution in [3.05, 3.63) is 64.2 Å². The molecule has 1 aromatic carbocycles. The highest BCUT2D eigenvalue weighted by atomic mass is 19.1. The lowest BCUT2D eigenvalue weighted by Crippen LogP contribution is -2.13. The van der Waals surface area contributed by atoms with Crippen molar-refractivity contribution in [3.63, 3.8) is 0 Å². The van der Waals surface area contributed by atoms with Crippen LogP contribution in [0, 0.1) is 15.9 Å². The molecule has 5 nitrogen and oxygen atoms in total. The second-order valence-electron chi connectivity index (χ2n) is 3.43. The molecular formula is C11H10FN3O2. The van der Waals surface area contributed by atoms with E-state index in [0.29, 0.717) is 0 Å². The lowest BCUT2D eigenvalue weighted by atomic mass is 10.2. The fourth-order valence-corrected chi connectivity index (χ4v) is 1.46. The Morgan fingerprint density at radius 3 is 2.65 bits per heavy atom. The summed E-state index contributed by atoms with van der Waals surface area (Å²) in [4.78, 5) is 9.82. The van der Waals surface area contributed by atoms with Crippen LogP contribution in [0.4, 0.5) is 10.1 Å². The van der Waals surface area contributed by atoms with Gasteiger partial charge in [-0.2, -0.15) is 4.39 Å². The first-order valence-corrected chi connectivity index (χ1v) is 4.97. The molecule has 17 heavy (non-hydrogen) atoms. The van der Waals surface area contributed by atoms with Gasteiger partial charge in [-0.05, 0) is 12.1 Å². The summed E-state index contributed by atoms with van der Waals surface area (Å²) in [6.07, 6.45) is 3.52. The van der Waals surface area contributed by atoms with Gasteiger partial charge in [-0.15, -0.1) is 0 Å². The molecule has 0 aliphatic carbocycles. The molecule has 0 aliphatic rings. The van der Waals surface area contributed by atoms with Gasteiger partial charge < -0.3 is 5.43 Å². The van der Waals surface area contributed by atoms with Crippen molar-refractivity contribution < 1.29 is 9.31 Å². The molecule has 2 rings (SSSR count). The molecule has 0 aliphatic heterocycles. The Kier molecular flexibility index (Phi) is 3.04. The van der Waals surface area contributed by atoms with E-state index in [1.807, 2.05) is 12.1 Å². The topological polar surface area (TPSA) is 60.1 Å². The molecule has 0 atom stereocenters. The lowest BCUT2D eigenvalue weighted by Gasteiger charge is -2.08. The van der Waals surface area contributed by atoms with Gasteiger partial charge >= 0.3 is 5.69 Å². The average Bonchev–Trinajstić information content (AvgIpc) is 2.80. The molecule has 0 fully saturated rings. The van der Waals surface area contributed by atoms with Crippen molar-refractivity contribution in [3.8, 4) is 0 Å². The minimum atomic E-state index is -0.794. The van der Waals surface area contributed by atoms with Crippen LogP contribution < -0.4 is 5.43 Å². The number of rotatable bonds is 4. The average molecular weight is 235 g/mol. The van der Waals surface area contributed by atoms with Crippen molar-refractivity contribution in [2.45, 2.75) is 6.54 Å². The minimum Gasteiger partial charge on any atom is -0.322 e. The number of nitrogens with one attached hydrogen (secondary N) is 1. The van der Waals surface area contributed by atoms with Crippen LogP contribution in [-0.4, -0.2) is 9.60 Å². The molecule has 0 saturated heterocycles. The quantitative estimate of drug-likeness (QED) is 0.653. The number of halogens is 1. The van der Waals surface area contributed by atoms with Crippen LogP contribution in [0.3, 0.4) is 0 Å². The van der Waals surface area contributed by atoms with Gasteiger partial charge in [0.15, 0.2) is 0 Å². The molecule has 0 saturated carbocycles. The van der Waals surface area contributed by atoms with E-state index in [-0.39, 0.29) is 12.1 Å². The fraction of sp³-hybridized carbons (Fsp3) is 0.0909. The summed E-state index contributed by atoms with van der Waals surface area (Å²) in [5, 5.41) is 10.5. The molecule has 6 heteroatoms. The largest absolute Gasteiger partial charge is 0.322 e. The minimum absolute atomic E-state index is 0.183. The third-order valence-corrected chi connectivity index (χ3v) is 2.31. The summed E-state index contributed by atoms with van der Waals surface area (Å²) in [5.41, 5.74) is 2.66. The van der Waals surface area contributed by atoms with Crippen LogP contribution in [0.25, 0.3) is 0 Å².